The van der Waals surface area contributed by atoms with E-state index in [9.17, 15) is 4.79 Å². The Morgan fingerprint density at radius 1 is 1.21 bits per heavy atom. The third-order valence-corrected chi connectivity index (χ3v) is 4.42. The molecular weight excluding hydrogens is 238 g/mol. The molecule has 2 aliphatic heterocycles. The number of rotatable bonds is 6. The molecule has 0 spiro atoms. The number of nitrogens with one attached hydrogen (secondary N) is 2. The average Bonchev–Trinajstić information content (AvgIpc) is 2.86. The van der Waals surface area contributed by atoms with Crippen molar-refractivity contribution >= 4 is 5.91 Å². The molecule has 2 N–H and O–H groups in total. The maximum Gasteiger partial charge on any atom is 0.234 e. The van der Waals surface area contributed by atoms with Crippen LogP contribution in [0.25, 0.3) is 0 Å². The molecule has 0 saturated carbocycles. The van der Waals surface area contributed by atoms with E-state index in [1.54, 1.807) is 0 Å². The van der Waals surface area contributed by atoms with Crippen molar-refractivity contribution < 1.29 is 4.79 Å². The molecule has 0 aromatic carbocycles. The first-order chi connectivity index (χ1) is 9.04. The van der Waals surface area contributed by atoms with Crippen LogP contribution in [0.15, 0.2) is 0 Å². The van der Waals surface area contributed by atoms with Crippen LogP contribution in [0.2, 0.25) is 0 Å². The smallest absolute Gasteiger partial charge is 0.234 e. The number of carbonyl (C=O) groups excluding carboxylic acids is 1. The molecule has 2 aliphatic rings. The molecule has 19 heavy (non-hydrogen) atoms. The van der Waals surface area contributed by atoms with E-state index in [-0.39, 0.29) is 5.91 Å². The second kappa shape index (κ2) is 6.71. The van der Waals surface area contributed by atoms with E-state index in [2.05, 4.69) is 36.3 Å². The first-order valence-electron chi connectivity index (χ1n) is 7.77. The second-order valence-electron chi connectivity index (χ2n) is 6.81. The SMILES string of the molecule is CC(C)CCC(C)NC(=O)CN1CC2CNCC2C1. The maximum absolute atomic E-state index is 12.0. The van der Waals surface area contributed by atoms with E-state index in [4.69, 9.17) is 0 Å². The summed E-state index contributed by atoms with van der Waals surface area (Å²) in [6.45, 7) is 11.6. The van der Waals surface area contributed by atoms with Crippen LogP contribution in [-0.2, 0) is 4.79 Å². The van der Waals surface area contributed by atoms with Crippen LogP contribution in [0.3, 0.4) is 0 Å². The molecule has 2 rings (SSSR count). The largest absolute Gasteiger partial charge is 0.353 e. The van der Waals surface area contributed by atoms with Gasteiger partial charge in [-0.25, -0.2) is 0 Å². The molecule has 3 atom stereocenters. The summed E-state index contributed by atoms with van der Waals surface area (Å²) in [5.74, 6) is 2.45. The van der Waals surface area contributed by atoms with E-state index in [1.165, 1.54) is 6.42 Å². The molecule has 0 aliphatic carbocycles. The van der Waals surface area contributed by atoms with Gasteiger partial charge in [0.2, 0.25) is 5.91 Å². The van der Waals surface area contributed by atoms with E-state index < -0.39 is 0 Å². The van der Waals surface area contributed by atoms with Crippen molar-refractivity contribution in [1.29, 1.82) is 0 Å². The fraction of sp³-hybridized carbons (Fsp3) is 0.933. The summed E-state index contributed by atoms with van der Waals surface area (Å²) >= 11 is 0. The highest BCUT2D eigenvalue weighted by Gasteiger charge is 2.36. The van der Waals surface area contributed by atoms with Crippen LogP contribution >= 0.6 is 0 Å². The summed E-state index contributed by atoms with van der Waals surface area (Å²) in [6.07, 6.45) is 2.26. The first kappa shape index (κ1) is 14.8. The van der Waals surface area contributed by atoms with Gasteiger partial charge in [-0.3, -0.25) is 9.69 Å². The Bertz CT molecular complexity index is 294. The lowest BCUT2D eigenvalue weighted by Crippen LogP contribution is -2.41. The van der Waals surface area contributed by atoms with Crippen LogP contribution in [0.4, 0.5) is 0 Å². The molecule has 2 fully saturated rings. The van der Waals surface area contributed by atoms with Crippen molar-refractivity contribution in [2.45, 2.75) is 39.7 Å². The molecular formula is C15H29N3O. The van der Waals surface area contributed by atoms with Crippen LogP contribution in [0.5, 0.6) is 0 Å². The number of carbonyl (C=O) groups is 1. The zero-order chi connectivity index (χ0) is 13.8. The minimum Gasteiger partial charge on any atom is -0.353 e. The normalized spacial score (nSPS) is 28.6. The molecule has 4 heteroatoms. The number of hydrogen-bond donors (Lipinski definition) is 2. The Labute approximate surface area is 117 Å². The first-order valence-corrected chi connectivity index (χ1v) is 7.77. The van der Waals surface area contributed by atoms with Gasteiger partial charge in [-0.1, -0.05) is 13.8 Å². The summed E-state index contributed by atoms with van der Waals surface area (Å²) in [4.78, 5) is 14.3. The molecule has 0 bridgehead atoms. The molecule has 0 radical (unpaired) electrons. The van der Waals surface area contributed by atoms with E-state index in [0.29, 0.717) is 18.5 Å². The molecule has 2 heterocycles. The zero-order valence-corrected chi connectivity index (χ0v) is 12.6. The minimum absolute atomic E-state index is 0.198. The fourth-order valence-corrected chi connectivity index (χ4v) is 3.26. The molecule has 4 nitrogen and oxygen atoms in total. The lowest BCUT2D eigenvalue weighted by Gasteiger charge is -2.19. The van der Waals surface area contributed by atoms with Gasteiger partial charge in [-0.2, -0.15) is 0 Å². The van der Waals surface area contributed by atoms with Crippen molar-refractivity contribution in [2.24, 2.45) is 17.8 Å². The number of amides is 1. The summed E-state index contributed by atoms with van der Waals surface area (Å²) in [5, 5.41) is 6.56. The van der Waals surface area contributed by atoms with Gasteiger partial charge in [-0.05, 0) is 50.6 Å². The van der Waals surface area contributed by atoms with Gasteiger partial charge < -0.3 is 10.6 Å². The van der Waals surface area contributed by atoms with Crippen LogP contribution in [0, 0.1) is 17.8 Å². The molecule has 0 aromatic heterocycles. The highest BCUT2D eigenvalue weighted by molar-refractivity contribution is 5.78. The van der Waals surface area contributed by atoms with Gasteiger partial charge in [0.25, 0.3) is 0 Å². The minimum atomic E-state index is 0.198. The fourth-order valence-electron chi connectivity index (χ4n) is 3.26. The van der Waals surface area contributed by atoms with Crippen LogP contribution < -0.4 is 10.6 Å². The van der Waals surface area contributed by atoms with Gasteiger partial charge in [-0.15, -0.1) is 0 Å². The predicted molar refractivity (Wildman–Crippen MR) is 78.0 cm³/mol. The number of hydrogen-bond acceptors (Lipinski definition) is 3. The van der Waals surface area contributed by atoms with Gasteiger partial charge in [0.15, 0.2) is 0 Å². The molecule has 3 unspecified atom stereocenters. The van der Waals surface area contributed by atoms with Gasteiger partial charge in [0.05, 0.1) is 6.54 Å². The molecule has 110 valence electrons. The molecule has 0 aromatic rings. The number of likely N-dealkylation sites (tertiary alicyclic amines) is 1. The average molecular weight is 267 g/mol. The second-order valence-corrected chi connectivity index (χ2v) is 6.81. The van der Waals surface area contributed by atoms with E-state index in [0.717, 1.165) is 44.4 Å². The predicted octanol–water partition coefficient (Wildman–Crippen LogP) is 1.08. The summed E-state index contributed by atoms with van der Waals surface area (Å²) in [6, 6.07) is 0.304. The zero-order valence-electron chi connectivity index (χ0n) is 12.6. The third kappa shape index (κ3) is 4.46. The van der Waals surface area contributed by atoms with Gasteiger partial charge in [0.1, 0.15) is 0 Å². The van der Waals surface area contributed by atoms with Gasteiger partial charge in [0, 0.05) is 19.1 Å². The standard InChI is InChI=1S/C15H29N3O/c1-11(2)4-5-12(3)17-15(19)10-18-8-13-6-16-7-14(13)9-18/h11-14,16H,4-10H2,1-3H3,(H,17,19). The summed E-state index contributed by atoms with van der Waals surface area (Å²) in [5.41, 5.74) is 0. The summed E-state index contributed by atoms with van der Waals surface area (Å²) < 4.78 is 0. The Hall–Kier alpha value is -0.610. The van der Waals surface area contributed by atoms with Crippen molar-refractivity contribution in [2.75, 3.05) is 32.7 Å². The van der Waals surface area contributed by atoms with E-state index >= 15 is 0 Å². The molecule has 1 amide bonds. The number of fused-ring (bicyclic) bond motifs is 1. The van der Waals surface area contributed by atoms with Crippen molar-refractivity contribution in [3.05, 3.63) is 0 Å². The van der Waals surface area contributed by atoms with Crippen LogP contribution in [0.1, 0.15) is 33.6 Å². The van der Waals surface area contributed by atoms with Crippen molar-refractivity contribution in [1.82, 2.24) is 15.5 Å². The number of nitrogens with zero attached hydrogens (tertiary/aromatic N) is 1. The lowest BCUT2D eigenvalue weighted by molar-refractivity contribution is -0.122. The highest BCUT2D eigenvalue weighted by atomic mass is 16.2. The molecule has 2 saturated heterocycles. The summed E-state index contributed by atoms with van der Waals surface area (Å²) in [7, 11) is 0. The van der Waals surface area contributed by atoms with E-state index in [1.807, 2.05) is 0 Å². The third-order valence-electron chi connectivity index (χ3n) is 4.42. The Morgan fingerprint density at radius 3 is 2.42 bits per heavy atom. The monoisotopic (exact) mass is 267 g/mol. The maximum atomic E-state index is 12.0. The van der Waals surface area contributed by atoms with Gasteiger partial charge >= 0.3 is 0 Å². The van der Waals surface area contributed by atoms with Crippen molar-refractivity contribution in [3.63, 3.8) is 0 Å². The Morgan fingerprint density at radius 2 is 1.84 bits per heavy atom. The Kier molecular flexibility index (Phi) is 5.22. The van der Waals surface area contributed by atoms with Crippen molar-refractivity contribution in [3.8, 4) is 0 Å². The topological polar surface area (TPSA) is 44.4 Å². The lowest BCUT2D eigenvalue weighted by atomic mass is 10.0. The quantitative estimate of drug-likeness (QED) is 0.757. The van der Waals surface area contributed by atoms with Crippen LogP contribution in [-0.4, -0.2) is 49.6 Å². The Balaban J connectivity index is 1.64. The highest BCUT2D eigenvalue weighted by Crippen LogP contribution is 2.25.